The van der Waals surface area contributed by atoms with Crippen molar-refractivity contribution in [3.63, 3.8) is 0 Å². The third-order valence-corrected chi connectivity index (χ3v) is 7.51. The van der Waals surface area contributed by atoms with E-state index in [0.29, 0.717) is 0 Å². The monoisotopic (exact) mass is 460 g/mol. The van der Waals surface area contributed by atoms with Gasteiger partial charge < -0.3 is 0 Å². The first-order chi connectivity index (χ1) is 17.8. The average Bonchev–Trinajstić information content (AvgIpc) is 3.26. The van der Waals surface area contributed by atoms with Crippen LogP contribution in [0.1, 0.15) is 24.0 Å². The number of rotatable bonds is 2. The van der Waals surface area contributed by atoms with Crippen molar-refractivity contribution in [2.45, 2.75) is 12.8 Å². The van der Waals surface area contributed by atoms with Crippen molar-refractivity contribution in [3.05, 3.63) is 131 Å². The Bertz CT molecular complexity index is 1650. The molecule has 0 saturated heterocycles. The Morgan fingerprint density at radius 1 is 0.444 bits per heavy atom. The first-order valence-corrected chi connectivity index (χ1v) is 12.5. The van der Waals surface area contributed by atoms with Crippen molar-refractivity contribution in [1.82, 2.24) is 0 Å². The topological polar surface area (TPSA) is 17.1 Å². The minimum absolute atomic E-state index is 0.170. The molecule has 1 aliphatic carbocycles. The zero-order chi connectivity index (χ0) is 24.1. The van der Waals surface area contributed by atoms with E-state index in [9.17, 15) is 4.79 Å². The molecule has 7 rings (SSSR count). The normalized spacial score (nSPS) is 16.3. The van der Waals surface area contributed by atoms with Crippen LogP contribution in [0, 0.1) is 0 Å². The molecule has 0 amide bonds. The van der Waals surface area contributed by atoms with Gasteiger partial charge in [0, 0.05) is 11.1 Å². The van der Waals surface area contributed by atoms with E-state index in [4.69, 9.17) is 0 Å². The Balaban J connectivity index is 1.39. The van der Waals surface area contributed by atoms with Crippen LogP contribution in [0.3, 0.4) is 0 Å². The molecule has 0 aliphatic heterocycles. The van der Waals surface area contributed by atoms with Crippen LogP contribution in [0.2, 0.25) is 0 Å². The maximum absolute atomic E-state index is 13.7. The van der Waals surface area contributed by atoms with Gasteiger partial charge in [-0.15, -0.1) is 0 Å². The van der Waals surface area contributed by atoms with Gasteiger partial charge >= 0.3 is 0 Å². The van der Waals surface area contributed by atoms with Crippen LogP contribution in [0.15, 0.2) is 120 Å². The average molecular weight is 461 g/mol. The summed E-state index contributed by atoms with van der Waals surface area (Å²) in [6.45, 7) is 0. The van der Waals surface area contributed by atoms with Crippen molar-refractivity contribution < 1.29 is 4.79 Å². The molecule has 1 nitrogen and oxygen atoms in total. The fourth-order valence-electron chi connectivity index (χ4n) is 5.74. The van der Waals surface area contributed by atoms with E-state index in [1.165, 1.54) is 43.1 Å². The Morgan fingerprint density at radius 2 is 0.750 bits per heavy atom. The van der Waals surface area contributed by atoms with Gasteiger partial charge in [0.1, 0.15) is 0 Å². The Labute approximate surface area is 210 Å². The number of allylic oxidation sites excluding steroid dienone is 2. The van der Waals surface area contributed by atoms with Gasteiger partial charge in [0.2, 0.25) is 0 Å². The summed E-state index contributed by atoms with van der Waals surface area (Å²) < 4.78 is 0. The van der Waals surface area contributed by atoms with Crippen molar-refractivity contribution in [2.75, 3.05) is 0 Å². The van der Waals surface area contributed by atoms with Crippen LogP contribution in [-0.4, -0.2) is 5.78 Å². The van der Waals surface area contributed by atoms with Crippen molar-refractivity contribution in [2.24, 2.45) is 0 Å². The highest BCUT2D eigenvalue weighted by Crippen LogP contribution is 2.37. The summed E-state index contributed by atoms with van der Waals surface area (Å²) in [6.07, 6.45) is 5.83. The van der Waals surface area contributed by atoms with Crippen molar-refractivity contribution in [1.29, 1.82) is 0 Å². The van der Waals surface area contributed by atoms with Crippen LogP contribution in [-0.2, 0) is 4.79 Å². The van der Waals surface area contributed by atoms with Gasteiger partial charge in [0.15, 0.2) is 5.78 Å². The van der Waals surface area contributed by atoms with Crippen LogP contribution in [0.25, 0.3) is 55.2 Å². The van der Waals surface area contributed by atoms with Gasteiger partial charge in [0.25, 0.3) is 0 Å². The Morgan fingerprint density at radius 3 is 1.08 bits per heavy atom. The summed E-state index contributed by atoms with van der Waals surface area (Å²) >= 11 is 0. The third kappa shape index (κ3) is 3.36. The summed E-state index contributed by atoms with van der Waals surface area (Å²) in [4.78, 5) is 13.7. The lowest BCUT2D eigenvalue weighted by molar-refractivity contribution is -0.111. The molecule has 6 aromatic rings. The molecule has 6 aromatic carbocycles. The minimum atomic E-state index is 0.170. The van der Waals surface area contributed by atoms with E-state index < -0.39 is 0 Å². The van der Waals surface area contributed by atoms with Gasteiger partial charge in [-0.25, -0.2) is 0 Å². The second-order valence-corrected chi connectivity index (χ2v) is 9.63. The highest BCUT2D eigenvalue weighted by molar-refractivity contribution is 6.19. The number of hydrogen-bond donors (Lipinski definition) is 0. The second-order valence-electron chi connectivity index (χ2n) is 9.63. The summed E-state index contributed by atoms with van der Waals surface area (Å²) in [5.74, 6) is 0.170. The van der Waals surface area contributed by atoms with E-state index in [-0.39, 0.29) is 5.78 Å². The first kappa shape index (κ1) is 20.8. The SMILES string of the molecule is O=C1C(=Cc2c3ccccc3cc3ccccc23)CCC1=Cc1c2ccccc2cc2ccccc12. The summed E-state index contributed by atoms with van der Waals surface area (Å²) in [7, 11) is 0. The predicted octanol–water partition coefficient (Wildman–Crippen LogP) is 9.13. The fourth-order valence-corrected chi connectivity index (χ4v) is 5.74. The standard InChI is InChI=1S/C35H24O/c36-35-27(21-33-29-13-5-1-9-23(29)19-24-10-2-6-14-30(24)33)17-18-28(35)22-34-31-15-7-3-11-25(31)20-26-12-4-8-16-32(26)34/h1-16,19-22H,17-18H2. The number of hydrogen-bond acceptors (Lipinski definition) is 1. The summed E-state index contributed by atoms with van der Waals surface area (Å²) in [5, 5.41) is 9.56. The largest absolute Gasteiger partial charge is 0.289 e. The molecule has 1 fully saturated rings. The molecule has 0 heterocycles. The molecule has 0 radical (unpaired) electrons. The molecule has 0 atom stereocenters. The van der Waals surface area contributed by atoms with Crippen LogP contribution >= 0.6 is 0 Å². The van der Waals surface area contributed by atoms with Crippen LogP contribution in [0.4, 0.5) is 0 Å². The summed E-state index contributed by atoms with van der Waals surface area (Å²) in [6, 6.07) is 38.3. The van der Waals surface area contributed by atoms with Gasteiger partial charge in [-0.2, -0.15) is 0 Å². The molecule has 0 N–H and O–H groups in total. The highest BCUT2D eigenvalue weighted by atomic mass is 16.1. The molecule has 0 aromatic heterocycles. The van der Waals surface area contributed by atoms with E-state index in [1.54, 1.807) is 0 Å². The smallest absolute Gasteiger partial charge is 0.185 e. The number of carbonyl (C=O) groups excluding carboxylic acids is 1. The lowest BCUT2D eigenvalue weighted by atomic mass is 9.94. The summed E-state index contributed by atoms with van der Waals surface area (Å²) in [5.41, 5.74) is 4.08. The molecular formula is C35H24O. The lowest BCUT2D eigenvalue weighted by Gasteiger charge is -2.10. The van der Waals surface area contributed by atoms with Crippen molar-refractivity contribution in [3.8, 4) is 0 Å². The van der Waals surface area contributed by atoms with E-state index in [2.05, 4.69) is 121 Å². The lowest BCUT2D eigenvalue weighted by Crippen LogP contribution is -1.96. The predicted molar refractivity (Wildman–Crippen MR) is 153 cm³/mol. The zero-order valence-corrected chi connectivity index (χ0v) is 19.9. The van der Waals surface area contributed by atoms with Gasteiger partial charge in [0.05, 0.1) is 0 Å². The Kier molecular flexibility index (Phi) is 4.82. The molecular weight excluding hydrogens is 436 g/mol. The van der Waals surface area contributed by atoms with E-state index in [0.717, 1.165) is 35.1 Å². The number of fused-ring (bicyclic) bond motifs is 4. The fraction of sp³-hybridized carbons (Fsp3) is 0.0571. The van der Waals surface area contributed by atoms with Gasteiger partial charge in [-0.1, -0.05) is 97.1 Å². The van der Waals surface area contributed by atoms with Gasteiger partial charge in [-0.3, -0.25) is 4.79 Å². The molecule has 1 aliphatic rings. The number of Topliss-reactive ketones (excluding diaryl/α,β-unsaturated/α-hetero) is 1. The third-order valence-electron chi connectivity index (χ3n) is 7.51. The second kappa shape index (κ2) is 8.32. The highest BCUT2D eigenvalue weighted by Gasteiger charge is 2.24. The van der Waals surface area contributed by atoms with E-state index >= 15 is 0 Å². The van der Waals surface area contributed by atoms with Crippen LogP contribution < -0.4 is 0 Å². The number of ketones is 1. The molecule has 36 heavy (non-hydrogen) atoms. The zero-order valence-electron chi connectivity index (χ0n) is 19.9. The molecule has 0 spiro atoms. The molecule has 0 unspecified atom stereocenters. The maximum Gasteiger partial charge on any atom is 0.185 e. The molecule has 1 saturated carbocycles. The molecule has 0 bridgehead atoms. The van der Waals surface area contributed by atoms with Gasteiger partial charge in [-0.05, 0) is 91.3 Å². The van der Waals surface area contributed by atoms with Crippen LogP contribution in [0.5, 0.6) is 0 Å². The quantitative estimate of drug-likeness (QED) is 0.186. The minimum Gasteiger partial charge on any atom is -0.289 e. The first-order valence-electron chi connectivity index (χ1n) is 12.5. The molecule has 170 valence electrons. The number of carbonyl (C=O) groups is 1. The van der Waals surface area contributed by atoms with Crippen molar-refractivity contribution >= 4 is 61.0 Å². The number of benzene rings is 6. The molecule has 1 heteroatoms. The maximum atomic E-state index is 13.7. The van der Waals surface area contributed by atoms with E-state index in [1.807, 2.05) is 0 Å². The Hall–Kier alpha value is -4.49.